The van der Waals surface area contributed by atoms with E-state index in [1.54, 1.807) is 0 Å². The van der Waals surface area contributed by atoms with Crippen LogP contribution >= 0.6 is 0 Å². The minimum Gasteiger partial charge on any atom is -0.314 e. The van der Waals surface area contributed by atoms with Crippen LogP contribution in [-0.2, 0) is 0 Å². The summed E-state index contributed by atoms with van der Waals surface area (Å²) in [6, 6.07) is 55.9. The molecule has 0 saturated carbocycles. The maximum Gasteiger partial charge on any atom is 0.160 e. The van der Waals surface area contributed by atoms with Crippen molar-refractivity contribution in [1.82, 2.24) is 19.1 Å². The summed E-state index contributed by atoms with van der Waals surface area (Å²) in [5, 5.41) is 2.56. The van der Waals surface area contributed by atoms with Crippen molar-refractivity contribution in [1.29, 1.82) is 0 Å². The van der Waals surface area contributed by atoms with Gasteiger partial charge in [-0.3, -0.25) is 0 Å². The molecule has 0 amide bonds. The van der Waals surface area contributed by atoms with E-state index in [1.807, 2.05) is 12.1 Å². The second-order valence-electron chi connectivity index (χ2n) is 13.6. The van der Waals surface area contributed by atoms with Gasteiger partial charge in [0, 0.05) is 50.2 Å². The summed E-state index contributed by atoms with van der Waals surface area (Å²) in [6.07, 6.45) is 0. The minimum atomic E-state index is 0.705. The number of para-hydroxylation sites is 2. The first-order chi connectivity index (χ1) is 25.4. The predicted octanol–water partition coefficient (Wildman–Crippen LogP) is 12.3. The smallest absolute Gasteiger partial charge is 0.160 e. The van der Waals surface area contributed by atoms with Crippen molar-refractivity contribution in [2.45, 2.75) is 27.7 Å². The van der Waals surface area contributed by atoms with Gasteiger partial charge in [0.15, 0.2) is 5.82 Å². The van der Waals surface area contributed by atoms with E-state index < -0.39 is 0 Å². The van der Waals surface area contributed by atoms with Crippen LogP contribution < -0.4 is 0 Å². The topological polar surface area (TPSA) is 35.6 Å². The van der Waals surface area contributed by atoms with Gasteiger partial charge in [-0.05, 0) is 86.3 Å². The Labute approximate surface area is 304 Å². The Morgan fingerprint density at radius 2 is 0.788 bits per heavy atom. The number of hydrogen-bond acceptors (Lipinski definition) is 2. The molecule has 0 aliphatic heterocycles. The van der Waals surface area contributed by atoms with Crippen LogP contribution in [0.2, 0.25) is 0 Å². The normalized spacial score (nSPS) is 11.5. The molecule has 6 aromatic carbocycles. The van der Waals surface area contributed by atoms with Gasteiger partial charge in [0.2, 0.25) is 0 Å². The summed E-state index contributed by atoms with van der Waals surface area (Å²) >= 11 is 0. The molecule has 250 valence electrons. The van der Waals surface area contributed by atoms with Crippen LogP contribution in [0.3, 0.4) is 0 Å². The Kier molecular flexibility index (Phi) is 7.66. The van der Waals surface area contributed by atoms with Gasteiger partial charge in [-0.25, -0.2) is 9.97 Å². The zero-order valence-corrected chi connectivity index (χ0v) is 29.8. The molecule has 3 heterocycles. The highest BCUT2D eigenvalue weighted by molar-refractivity contribution is 5.89. The quantitative estimate of drug-likeness (QED) is 0.176. The number of aromatic nitrogens is 4. The highest BCUT2D eigenvalue weighted by Crippen LogP contribution is 2.36. The fourth-order valence-corrected chi connectivity index (χ4v) is 7.65. The Bertz CT molecular complexity index is 2590. The van der Waals surface area contributed by atoms with Crippen molar-refractivity contribution < 1.29 is 0 Å². The van der Waals surface area contributed by atoms with Gasteiger partial charge in [-0.1, -0.05) is 121 Å². The third-order valence-corrected chi connectivity index (χ3v) is 10.6. The van der Waals surface area contributed by atoms with Crippen LogP contribution in [0.4, 0.5) is 0 Å². The fraction of sp³-hybridized carbons (Fsp3) is 0.0833. The largest absolute Gasteiger partial charge is 0.314 e. The number of nitrogens with zero attached hydrogens (tertiary/aromatic N) is 4. The van der Waals surface area contributed by atoms with E-state index in [0.29, 0.717) is 5.82 Å². The lowest BCUT2D eigenvalue weighted by Crippen LogP contribution is -2.02. The molecule has 9 aromatic rings. The summed E-state index contributed by atoms with van der Waals surface area (Å²) in [5.41, 5.74) is 17.0. The van der Waals surface area contributed by atoms with Gasteiger partial charge >= 0.3 is 0 Å². The molecule has 0 aliphatic rings. The van der Waals surface area contributed by atoms with Crippen LogP contribution in [0, 0.1) is 27.7 Å². The second-order valence-corrected chi connectivity index (χ2v) is 13.6. The van der Waals surface area contributed by atoms with E-state index in [1.165, 1.54) is 44.3 Å². The van der Waals surface area contributed by atoms with Gasteiger partial charge in [-0.15, -0.1) is 0 Å². The number of fused-ring (bicyclic) bond motifs is 2. The molecule has 0 bridgehead atoms. The van der Waals surface area contributed by atoms with Crippen molar-refractivity contribution in [2.24, 2.45) is 0 Å². The molecule has 9 rings (SSSR count). The summed E-state index contributed by atoms with van der Waals surface area (Å²) in [4.78, 5) is 10.1. The summed E-state index contributed by atoms with van der Waals surface area (Å²) in [5.74, 6) is 0.705. The maximum atomic E-state index is 5.07. The first-order valence-electron chi connectivity index (χ1n) is 17.8. The number of hydrogen-bond donors (Lipinski definition) is 0. The fourth-order valence-electron chi connectivity index (χ4n) is 7.65. The van der Waals surface area contributed by atoms with Crippen molar-refractivity contribution >= 4 is 21.8 Å². The molecule has 4 nitrogen and oxygen atoms in total. The van der Waals surface area contributed by atoms with Gasteiger partial charge in [0.05, 0.1) is 22.4 Å². The van der Waals surface area contributed by atoms with Crippen molar-refractivity contribution in [3.05, 3.63) is 180 Å². The van der Waals surface area contributed by atoms with E-state index in [2.05, 4.69) is 182 Å². The molecule has 0 spiro atoms. The molecule has 0 radical (unpaired) electrons. The van der Waals surface area contributed by atoms with E-state index in [-0.39, 0.29) is 0 Å². The number of aryl methyl sites for hydroxylation is 2. The average Bonchev–Trinajstić information content (AvgIpc) is 3.62. The van der Waals surface area contributed by atoms with Crippen LogP contribution in [0.5, 0.6) is 0 Å². The van der Waals surface area contributed by atoms with Crippen molar-refractivity contribution in [3.63, 3.8) is 0 Å². The number of benzene rings is 6. The van der Waals surface area contributed by atoms with Gasteiger partial charge in [-0.2, -0.15) is 0 Å². The zero-order chi connectivity index (χ0) is 35.3. The minimum absolute atomic E-state index is 0.705. The Hall–Kier alpha value is -6.52. The molecule has 0 atom stereocenters. The monoisotopic (exact) mass is 670 g/mol. The van der Waals surface area contributed by atoms with Crippen LogP contribution in [0.1, 0.15) is 22.5 Å². The molecular weight excluding hydrogens is 633 g/mol. The number of rotatable bonds is 6. The predicted molar refractivity (Wildman–Crippen MR) is 216 cm³/mol. The lowest BCUT2D eigenvalue weighted by molar-refractivity contribution is 1.01. The SMILES string of the molecule is Cc1c(C)n(-c2cc(-c3ccc(-c4nc(-c5ccccc5)cc(-c5ccccc5)n4)cc3)cc(-n3c(C)c(C)c4ccccc43)c2)c2ccccc12. The molecule has 0 aliphatic carbocycles. The molecular formula is C48H38N4. The highest BCUT2D eigenvalue weighted by atomic mass is 15.0. The molecule has 0 N–H and O–H groups in total. The van der Waals surface area contributed by atoms with Gasteiger partial charge in [0.1, 0.15) is 0 Å². The summed E-state index contributed by atoms with van der Waals surface area (Å²) in [6.45, 7) is 8.90. The third kappa shape index (κ3) is 5.32. The molecule has 0 saturated heterocycles. The van der Waals surface area contributed by atoms with E-state index >= 15 is 0 Å². The Morgan fingerprint density at radius 3 is 1.27 bits per heavy atom. The first-order valence-corrected chi connectivity index (χ1v) is 17.8. The molecule has 52 heavy (non-hydrogen) atoms. The second kappa shape index (κ2) is 12.7. The summed E-state index contributed by atoms with van der Waals surface area (Å²) in [7, 11) is 0. The van der Waals surface area contributed by atoms with Crippen molar-refractivity contribution in [3.8, 4) is 56.4 Å². The first kappa shape index (κ1) is 31.5. The van der Waals surface area contributed by atoms with Crippen LogP contribution in [0.15, 0.2) is 158 Å². The van der Waals surface area contributed by atoms with Crippen molar-refractivity contribution in [2.75, 3.05) is 0 Å². The molecule has 3 aromatic heterocycles. The lowest BCUT2D eigenvalue weighted by atomic mass is 10.0. The Morgan fingerprint density at radius 1 is 0.365 bits per heavy atom. The van der Waals surface area contributed by atoms with Crippen LogP contribution in [0.25, 0.3) is 78.2 Å². The highest BCUT2D eigenvalue weighted by Gasteiger charge is 2.18. The average molecular weight is 671 g/mol. The maximum absolute atomic E-state index is 5.07. The molecule has 4 heteroatoms. The van der Waals surface area contributed by atoms with E-state index in [0.717, 1.165) is 50.6 Å². The van der Waals surface area contributed by atoms with E-state index in [4.69, 9.17) is 9.97 Å². The molecule has 0 unspecified atom stereocenters. The summed E-state index contributed by atoms with van der Waals surface area (Å²) < 4.78 is 4.82. The van der Waals surface area contributed by atoms with E-state index in [9.17, 15) is 0 Å². The Balaban J connectivity index is 1.21. The van der Waals surface area contributed by atoms with Gasteiger partial charge < -0.3 is 9.13 Å². The standard InChI is InChI=1S/C48H38N4/c1-31-33(3)51(46-21-13-11-19-42(31)46)40-27-39(28-41(29-40)52-34(4)32(2)43-20-12-14-22-47(43)52)35-23-25-38(26-24-35)48-49-44(36-15-7-5-8-16-36)30-45(50-48)37-17-9-6-10-18-37/h5-30H,1-4H3. The third-order valence-electron chi connectivity index (χ3n) is 10.6. The lowest BCUT2D eigenvalue weighted by Gasteiger charge is -2.17. The zero-order valence-electron chi connectivity index (χ0n) is 29.8. The molecule has 0 fully saturated rings. The van der Waals surface area contributed by atoms with Crippen LogP contribution in [-0.4, -0.2) is 19.1 Å². The van der Waals surface area contributed by atoms with Gasteiger partial charge in [0.25, 0.3) is 0 Å².